The molecule has 1 aromatic carbocycles. The van der Waals surface area contributed by atoms with Crippen molar-refractivity contribution in [1.29, 1.82) is 0 Å². The number of hydrogen-bond donors (Lipinski definition) is 3. The minimum absolute atomic E-state index is 0.0119. The third kappa shape index (κ3) is 6.63. The number of anilines is 1. The fourth-order valence-corrected chi connectivity index (χ4v) is 4.56. The summed E-state index contributed by atoms with van der Waals surface area (Å²) in [6, 6.07) is 7.18. The van der Waals surface area contributed by atoms with E-state index in [1.165, 1.54) is 24.7 Å². The molecule has 0 radical (unpaired) electrons. The summed E-state index contributed by atoms with van der Waals surface area (Å²) >= 11 is 1.35. The maximum atomic E-state index is 12.9. The van der Waals surface area contributed by atoms with Crippen molar-refractivity contribution in [2.45, 2.75) is 65.5 Å². The highest BCUT2D eigenvalue weighted by atomic mass is 32.1. The Bertz CT molecular complexity index is 933. The van der Waals surface area contributed by atoms with E-state index >= 15 is 0 Å². The number of hydrogen-bond acceptors (Lipinski definition) is 5. The van der Waals surface area contributed by atoms with E-state index in [-0.39, 0.29) is 29.6 Å². The molecule has 0 spiro atoms. The van der Waals surface area contributed by atoms with Gasteiger partial charge in [0.05, 0.1) is 5.69 Å². The van der Waals surface area contributed by atoms with E-state index in [9.17, 15) is 14.4 Å². The second-order valence-electron chi connectivity index (χ2n) is 8.70. The summed E-state index contributed by atoms with van der Waals surface area (Å²) in [7, 11) is 0. The molecule has 1 unspecified atom stereocenters. The van der Waals surface area contributed by atoms with Gasteiger partial charge in [0, 0.05) is 30.3 Å². The highest BCUT2D eigenvalue weighted by Crippen LogP contribution is 2.26. The van der Waals surface area contributed by atoms with E-state index in [0.717, 1.165) is 42.5 Å². The minimum Gasteiger partial charge on any atom is -0.352 e. The van der Waals surface area contributed by atoms with Gasteiger partial charge in [-0.05, 0) is 24.3 Å². The van der Waals surface area contributed by atoms with E-state index in [0.29, 0.717) is 11.7 Å². The Kier molecular flexibility index (Phi) is 8.39. The molecule has 8 heteroatoms. The van der Waals surface area contributed by atoms with Crippen LogP contribution in [0.4, 0.5) is 5.13 Å². The van der Waals surface area contributed by atoms with Gasteiger partial charge >= 0.3 is 0 Å². The number of carbonyl (C=O) groups is 3. The van der Waals surface area contributed by atoms with Gasteiger partial charge in [-0.25, -0.2) is 4.98 Å². The summed E-state index contributed by atoms with van der Waals surface area (Å²) in [5.41, 5.74) is 2.70. The van der Waals surface area contributed by atoms with Crippen molar-refractivity contribution in [3.8, 4) is 11.3 Å². The van der Waals surface area contributed by atoms with Crippen LogP contribution >= 0.6 is 11.3 Å². The molecule has 32 heavy (non-hydrogen) atoms. The van der Waals surface area contributed by atoms with E-state index in [1.54, 1.807) is 0 Å². The molecule has 1 aromatic heterocycles. The molecule has 3 amide bonds. The lowest BCUT2D eigenvalue weighted by Crippen LogP contribution is -2.49. The molecule has 3 rings (SSSR count). The van der Waals surface area contributed by atoms with Crippen LogP contribution in [0.3, 0.4) is 0 Å². The van der Waals surface area contributed by atoms with Gasteiger partial charge in [-0.2, -0.15) is 0 Å². The SMILES string of the molecule is CC(=O)NCc1ccc(-c2csc(NC(=O)C(NC(=O)C3CCCCC3)C(C)C)n2)cc1. The van der Waals surface area contributed by atoms with Crippen molar-refractivity contribution in [3.05, 3.63) is 35.2 Å². The second kappa shape index (κ2) is 11.2. The number of nitrogens with zero attached hydrogens (tertiary/aromatic N) is 1. The van der Waals surface area contributed by atoms with Crippen LogP contribution in [0, 0.1) is 11.8 Å². The van der Waals surface area contributed by atoms with Crippen LogP contribution in [0.2, 0.25) is 0 Å². The van der Waals surface area contributed by atoms with Crippen LogP contribution in [-0.2, 0) is 20.9 Å². The van der Waals surface area contributed by atoms with Gasteiger partial charge in [0.2, 0.25) is 17.7 Å². The summed E-state index contributed by atoms with van der Waals surface area (Å²) in [6.07, 6.45) is 5.14. The Morgan fingerprint density at radius 3 is 2.41 bits per heavy atom. The van der Waals surface area contributed by atoms with Gasteiger partial charge in [-0.3, -0.25) is 14.4 Å². The van der Waals surface area contributed by atoms with Crippen molar-refractivity contribution >= 4 is 34.2 Å². The lowest BCUT2D eigenvalue weighted by molar-refractivity contribution is -0.130. The van der Waals surface area contributed by atoms with Crippen LogP contribution in [0.25, 0.3) is 11.3 Å². The standard InChI is InChI=1S/C24H32N4O3S/c1-15(2)21(27-22(30)19-7-5-4-6-8-19)23(31)28-24-26-20(14-32-24)18-11-9-17(10-12-18)13-25-16(3)29/h9-12,14-15,19,21H,4-8,13H2,1-3H3,(H,25,29)(H,27,30)(H,26,28,31). The number of rotatable bonds is 8. The third-order valence-corrected chi connectivity index (χ3v) is 6.51. The molecule has 0 aliphatic heterocycles. The number of benzene rings is 1. The van der Waals surface area contributed by atoms with Crippen molar-refractivity contribution in [1.82, 2.24) is 15.6 Å². The lowest BCUT2D eigenvalue weighted by atomic mass is 9.88. The molecule has 3 N–H and O–H groups in total. The number of carbonyl (C=O) groups excluding carboxylic acids is 3. The van der Waals surface area contributed by atoms with Gasteiger partial charge in [-0.1, -0.05) is 57.4 Å². The summed E-state index contributed by atoms with van der Waals surface area (Å²) in [6.45, 7) is 5.84. The number of thiazole rings is 1. The molecule has 1 atom stereocenters. The number of aromatic nitrogens is 1. The van der Waals surface area contributed by atoms with Crippen LogP contribution in [0.1, 0.15) is 58.4 Å². The molecule has 0 bridgehead atoms. The Morgan fingerprint density at radius 2 is 1.78 bits per heavy atom. The average molecular weight is 457 g/mol. The van der Waals surface area contributed by atoms with Crippen molar-refractivity contribution < 1.29 is 14.4 Å². The molecular formula is C24H32N4O3S. The predicted molar refractivity (Wildman–Crippen MR) is 127 cm³/mol. The van der Waals surface area contributed by atoms with Gasteiger partial charge in [0.1, 0.15) is 6.04 Å². The van der Waals surface area contributed by atoms with Crippen molar-refractivity contribution in [2.75, 3.05) is 5.32 Å². The summed E-state index contributed by atoms with van der Waals surface area (Å²) in [5.74, 6) is -0.340. The molecule has 7 nitrogen and oxygen atoms in total. The van der Waals surface area contributed by atoms with E-state index in [4.69, 9.17) is 0 Å². The summed E-state index contributed by atoms with van der Waals surface area (Å²) < 4.78 is 0. The molecule has 1 heterocycles. The average Bonchev–Trinajstić information content (AvgIpc) is 3.24. The first-order chi connectivity index (χ1) is 15.3. The topological polar surface area (TPSA) is 100 Å². The molecule has 2 aromatic rings. The zero-order valence-corrected chi connectivity index (χ0v) is 19.8. The normalized spacial score (nSPS) is 15.2. The monoisotopic (exact) mass is 456 g/mol. The van der Waals surface area contributed by atoms with Crippen LogP contribution in [-0.4, -0.2) is 28.7 Å². The third-order valence-electron chi connectivity index (χ3n) is 5.75. The lowest BCUT2D eigenvalue weighted by Gasteiger charge is -2.26. The molecule has 1 aliphatic rings. The first-order valence-electron chi connectivity index (χ1n) is 11.2. The Hall–Kier alpha value is -2.74. The first kappa shape index (κ1) is 23.9. The number of amides is 3. The van der Waals surface area contributed by atoms with Gasteiger partial charge in [0.25, 0.3) is 0 Å². The van der Waals surface area contributed by atoms with Crippen molar-refractivity contribution in [3.63, 3.8) is 0 Å². The van der Waals surface area contributed by atoms with E-state index in [1.807, 2.05) is 43.5 Å². The van der Waals surface area contributed by atoms with Crippen molar-refractivity contribution in [2.24, 2.45) is 11.8 Å². The molecule has 1 saturated carbocycles. The van der Waals surface area contributed by atoms with Gasteiger partial charge in [0.15, 0.2) is 5.13 Å². The molecular weight excluding hydrogens is 424 g/mol. The predicted octanol–water partition coefficient (Wildman–Crippen LogP) is 4.11. The van der Waals surface area contributed by atoms with E-state index < -0.39 is 6.04 Å². The first-order valence-corrected chi connectivity index (χ1v) is 12.1. The minimum atomic E-state index is -0.593. The molecule has 0 saturated heterocycles. The molecule has 1 fully saturated rings. The second-order valence-corrected chi connectivity index (χ2v) is 9.56. The highest BCUT2D eigenvalue weighted by Gasteiger charge is 2.29. The maximum absolute atomic E-state index is 12.9. The quantitative estimate of drug-likeness (QED) is 0.557. The van der Waals surface area contributed by atoms with Gasteiger partial charge < -0.3 is 16.0 Å². The van der Waals surface area contributed by atoms with Gasteiger partial charge in [-0.15, -0.1) is 11.3 Å². The van der Waals surface area contributed by atoms with Crippen LogP contribution < -0.4 is 16.0 Å². The molecule has 172 valence electrons. The largest absolute Gasteiger partial charge is 0.352 e. The Morgan fingerprint density at radius 1 is 1.09 bits per heavy atom. The molecule has 1 aliphatic carbocycles. The summed E-state index contributed by atoms with van der Waals surface area (Å²) in [5, 5.41) is 11.0. The van der Waals surface area contributed by atoms with Crippen LogP contribution in [0.5, 0.6) is 0 Å². The smallest absolute Gasteiger partial charge is 0.248 e. The fraction of sp³-hybridized carbons (Fsp3) is 0.500. The fourth-order valence-electron chi connectivity index (χ4n) is 3.84. The maximum Gasteiger partial charge on any atom is 0.248 e. The van der Waals surface area contributed by atoms with E-state index in [2.05, 4.69) is 20.9 Å². The highest BCUT2D eigenvalue weighted by molar-refractivity contribution is 7.14. The van der Waals surface area contributed by atoms with Crippen LogP contribution in [0.15, 0.2) is 29.6 Å². The zero-order valence-electron chi connectivity index (χ0n) is 18.9. The Balaban J connectivity index is 1.60. The summed E-state index contributed by atoms with van der Waals surface area (Å²) in [4.78, 5) is 41.1. The number of nitrogens with one attached hydrogen (secondary N) is 3. The zero-order chi connectivity index (χ0) is 23.1. The Labute approximate surface area is 193 Å².